The van der Waals surface area contributed by atoms with E-state index >= 15 is 0 Å². The highest BCUT2D eigenvalue weighted by atomic mass is 32.1. The van der Waals surface area contributed by atoms with Crippen LogP contribution in [0.4, 0.5) is 0 Å². The first kappa shape index (κ1) is 20.9. The Kier molecular flexibility index (Phi) is 7.94. The Bertz CT molecular complexity index is 723. The van der Waals surface area contributed by atoms with Gasteiger partial charge in [-0.2, -0.15) is 0 Å². The van der Waals surface area contributed by atoms with E-state index < -0.39 is 0 Å². The van der Waals surface area contributed by atoms with Gasteiger partial charge in [-0.15, -0.1) is 11.3 Å². The highest BCUT2D eigenvalue weighted by Crippen LogP contribution is 2.24. The molecule has 0 radical (unpaired) electrons. The molecule has 0 amide bonds. The molecule has 0 saturated carbocycles. The fourth-order valence-electron chi connectivity index (χ4n) is 3.39. The molecule has 0 aliphatic carbocycles. The van der Waals surface area contributed by atoms with E-state index in [1.165, 1.54) is 4.88 Å². The second-order valence-corrected chi connectivity index (χ2v) is 8.09. The van der Waals surface area contributed by atoms with Crippen LogP contribution in [0, 0.1) is 6.92 Å². The molecule has 28 heavy (non-hydrogen) atoms. The summed E-state index contributed by atoms with van der Waals surface area (Å²) in [5.41, 5.74) is 0. The Morgan fingerprint density at radius 3 is 2.79 bits per heavy atom. The van der Waals surface area contributed by atoms with Crippen LogP contribution in [-0.4, -0.2) is 68.7 Å². The number of aliphatic imine (C=N–C) groups is 1. The van der Waals surface area contributed by atoms with Crippen molar-refractivity contribution < 1.29 is 9.15 Å². The van der Waals surface area contributed by atoms with Gasteiger partial charge in [-0.1, -0.05) is 6.07 Å². The van der Waals surface area contributed by atoms with Crippen LogP contribution in [0.5, 0.6) is 0 Å². The van der Waals surface area contributed by atoms with E-state index in [0.29, 0.717) is 6.54 Å². The Morgan fingerprint density at radius 2 is 2.14 bits per heavy atom. The summed E-state index contributed by atoms with van der Waals surface area (Å²) in [4.78, 5) is 11.0. The molecule has 0 spiro atoms. The predicted molar refractivity (Wildman–Crippen MR) is 115 cm³/mol. The molecule has 2 aromatic heterocycles. The van der Waals surface area contributed by atoms with Crippen LogP contribution in [0.2, 0.25) is 0 Å². The third kappa shape index (κ3) is 5.83. The first-order valence-corrected chi connectivity index (χ1v) is 10.9. The van der Waals surface area contributed by atoms with Gasteiger partial charge in [0.1, 0.15) is 11.5 Å². The molecule has 7 heteroatoms. The fraction of sp³-hybridized carbons (Fsp3) is 0.571. The molecule has 154 valence electrons. The molecular weight excluding hydrogens is 372 g/mol. The molecule has 3 heterocycles. The molecule has 3 rings (SSSR count). The normalized spacial score (nSPS) is 16.9. The number of thiophene rings is 1. The molecule has 1 saturated heterocycles. The number of hydrogen-bond acceptors (Lipinski definition) is 5. The standard InChI is InChI=1S/C21H32N4O2S/c1-4-22-21(24(3)10-9-18-6-5-15-28-18)23-16-19(20-8-7-17(2)27-20)25-11-13-26-14-12-25/h5-8,15,19H,4,9-14,16H2,1-3H3,(H,22,23). The van der Waals surface area contributed by atoms with Crippen LogP contribution in [0.3, 0.4) is 0 Å². The average molecular weight is 405 g/mol. The van der Waals surface area contributed by atoms with Gasteiger partial charge in [0.2, 0.25) is 0 Å². The number of hydrogen-bond donors (Lipinski definition) is 1. The smallest absolute Gasteiger partial charge is 0.193 e. The lowest BCUT2D eigenvalue weighted by molar-refractivity contribution is 0.0135. The third-order valence-electron chi connectivity index (χ3n) is 4.96. The van der Waals surface area contributed by atoms with Crippen molar-refractivity contribution in [3.63, 3.8) is 0 Å². The Morgan fingerprint density at radius 1 is 1.32 bits per heavy atom. The zero-order chi connectivity index (χ0) is 19.8. The van der Waals surface area contributed by atoms with Gasteiger partial charge in [0, 0.05) is 38.1 Å². The van der Waals surface area contributed by atoms with E-state index in [-0.39, 0.29) is 6.04 Å². The second-order valence-electron chi connectivity index (χ2n) is 7.06. The summed E-state index contributed by atoms with van der Waals surface area (Å²) in [5, 5.41) is 5.56. The van der Waals surface area contributed by atoms with E-state index in [1.807, 2.05) is 24.3 Å². The molecule has 1 fully saturated rings. The molecule has 2 aromatic rings. The Hall–Kier alpha value is -1.83. The minimum absolute atomic E-state index is 0.136. The molecule has 1 aliphatic rings. The molecular formula is C21H32N4O2S. The van der Waals surface area contributed by atoms with Crippen molar-refractivity contribution in [3.8, 4) is 0 Å². The number of furan rings is 1. The molecule has 1 aliphatic heterocycles. The van der Waals surface area contributed by atoms with Crippen LogP contribution in [0.15, 0.2) is 39.1 Å². The highest BCUT2D eigenvalue weighted by Gasteiger charge is 2.25. The number of aryl methyl sites for hydroxylation is 1. The lowest BCUT2D eigenvalue weighted by atomic mass is 10.1. The van der Waals surface area contributed by atoms with Crippen molar-refractivity contribution in [2.75, 3.05) is 53.0 Å². The molecule has 0 aromatic carbocycles. The molecule has 0 bridgehead atoms. The first-order chi connectivity index (χ1) is 13.7. The van der Waals surface area contributed by atoms with Crippen molar-refractivity contribution in [2.45, 2.75) is 26.3 Å². The van der Waals surface area contributed by atoms with Gasteiger partial charge in [-0.05, 0) is 43.8 Å². The lowest BCUT2D eigenvalue weighted by Gasteiger charge is -2.33. The van der Waals surface area contributed by atoms with E-state index in [1.54, 1.807) is 0 Å². The summed E-state index contributed by atoms with van der Waals surface area (Å²) in [6.07, 6.45) is 1.03. The average Bonchev–Trinajstić information content (AvgIpc) is 3.38. The zero-order valence-electron chi connectivity index (χ0n) is 17.2. The Balaban J connectivity index is 1.69. The summed E-state index contributed by atoms with van der Waals surface area (Å²) in [7, 11) is 2.11. The predicted octanol–water partition coefficient (Wildman–Crippen LogP) is 3.16. The summed E-state index contributed by atoms with van der Waals surface area (Å²) in [6, 6.07) is 8.55. The quantitative estimate of drug-likeness (QED) is 0.541. The van der Waals surface area contributed by atoms with Crippen LogP contribution in [0.1, 0.15) is 29.4 Å². The third-order valence-corrected chi connectivity index (χ3v) is 5.90. The molecule has 1 atom stereocenters. The van der Waals surface area contributed by atoms with Gasteiger partial charge >= 0.3 is 0 Å². The van der Waals surface area contributed by atoms with Crippen LogP contribution >= 0.6 is 11.3 Å². The van der Waals surface area contributed by atoms with E-state index in [4.69, 9.17) is 14.1 Å². The van der Waals surface area contributed by atoms with Crippen molar-refractivity contribution >= 4 is 17.3 Å². The number of nitrogens with zero attached hydrogens (tertiary/aromatic N) is 3. The maximum absolute atomic E-state index is 5.96. The number of rotatable bonds is 8. The first-order valence-electron chi connectivity index (χ1n) is 10.1. The number of likely N-dealkylation sites (N-methyl/N-ethyl adjacent to an activating group) is 1. The summed E-state index contributed by atoms with van der Waals surface area (Å²) in [6.45, 7) is 9.90. The summed E-state index contributed by atoms with van der Waals surface area (Å²) >= 11 is 1.81. The van der Waals surface area contributed by atoms with E-state index in [9.17, 15) is 0 Å². The minimum Gasteiger partial charge on any atom is -0.465 e. The minimum atomic E-state index is 0.136. The Labute approximate surface area is 172 Å². The van der Waals surface area contributed by atoms with Crippen LogP contribution in [0.25, 0.3) is 0 Å². The number of ether oxygens (including phenoxy) is 1. The van der Waals surface area contributed by atoms with Gasteiger partial charge < -0.3 is 19.4 Å². The highest BCUT2D eigenvalue weighted by molar-refractivity contribution is 7.09. The van der Waals surface area contributed by atoms with Crippen molar-refractivity contribution in [3.05, 3.63) is 46.0 Å². The van der Waals surface area contributed by atoms with Gasteiger partial charge in [-0.3, -0.25) is 9.89 Å². The van der Waals surface area contributed by atoms with Crippen LogP contribution < -0.4 is 5.32 Å². The van der Waals surface area contributed by atoms with E-state index in [2.05, 4.69) is 52.7 Å². The zero-order valence-corrected chi connectivity index (χ0v) is 18.0. The maximum Gasteiger partial charge on any atom is 0.193 e. The molecule has 6 nitrogen and oxygen atoms in total. The van der Waals surface area contributed by atoms with Gasteiger partial charge in [0.15, 0.2) is 5.96 Å². The van der Waals surface area contributed by atoms with Crippen LogP contribution in [-0.2, 0) is 11.2 Å². The summed E-state index contributed by atoms with van der Waals surface area (Å²) < 4.78 is 11.5. The van der Waals surface area contributed by atoms with Crippen molar-refractivity contribution in [1.82, 2.24) is 15.1 Å². The van der Waals surface area contributed by atoms with E-state index in [0.717, 1.165) is 63.3 Å². The topological polar surface area (TPSA) is 53.2 Å². The van der Waals surface area contributed by atoms with Gasteiger partial charge in [-0.25, -0.2) is 0 Å². The maximum atomic E-state index is 5.96. The number of guanidine groups is 1. The van der Waals surface area contributed by atoms with Gasteiger partial charge in [0.05, 0.1) is 25.8 Å². The molecule has 1 N–H and O–H groups in total. The van der Waals surface area contributed by atoms with Gasteiger partial charge in [0.25, 0.3) is 0 Å². The SMILES string of the molecule is CCNC(=NCC(c1ccc(C)o1)N1CCOCC1)N(C)CCc1cccs1. The number of morpholine rings is 1. The largest absolute Gasteiger partial charge is 0.465 e. The molecule has 1 unspecified atom stereocenters. The van der Waals surface area contributed by atoms with Crippen molar-refractivity contribution in [2.24, 2.45) is 4.99 Å². The summed E-state index contributed by atoms with van der Waals surface area (Å²) in [5.74, 6) is 2.87. The monoisotopic (exact) mass is 404 g/mol. The number of nitrogens with one attached hydrogen (secondary N) is 1. The second kappa shape index (κ2) is 10.6. The lowest BCUT2D eigenvalue weighted by Crippen LogP contribution is -2.42. The van der Waals surface area contributed by atoms with Crippen molar-refractivity contribution in [1.29, 1.82) is 0 Å². The fourth-order valence-corrected chi connectivity index (χ4v) is 4.09.